The maximum absolute atomic E-state index is 4.57. The van der Waals surface area contributed by atoms with Crippen molar-refractivity contribution in [3.05, 3.63) is 63.9 Å². The van der Waals surface area contributed by atoms with Crippen LogP contribution in [0.4, 0.5) is 0 Å². The Morgan fingerprint density at radius 3 is 2.41 bits per heavy atom. The number of hydrogen-bond donors (Lipinski definition) is 1. The molecule has 0 aliphatic heterocycles. The van der Waals surface area contributed by atoms with Crippen molar-refractivity contribution in [2.24, 2.45) is 0 Å². The Morgan fingerprint density at radius 2 is 1.73 bits per heavy atom. The SMILES string of the molecule is CC(C)(C)c1ccc(C=Cc2nc3cc(Br)ccc3[nH]2)cc1. The highest BCUT2D eigenvalue weighted by molar-refractivity contribution is 9.10. The van der Waals surface area contributed by atoms with Gasteiger partial charge in [-0.05, 0) is 40.8 Å². The van der Waals surface area contributed by atoms with Crippen molar-refractivity contribution in [3.63, 3.8) is 0 Å². The lowest BCUT2D eigenvalue weighted by Crippen LogP contribution is -2.10. The standard InChI is InChI=1S/C19H19BrN2/c1-19(2,3)14-7-4-13(5-8-14)6-11-18-21-16-10-9-15(20)12-17(16)22-18/h4-12H,1-3H3,(H,21,22). The molecule has 0 spiro atoms. The zero-order valence-corrected chi connectivity index (χ0v) is 14.6. The number of fused-ring (bicyclic) bond motifs is 1. The van der Waals surface area contributed by atoms with Crippen LogP contribution in [0.5, 0.6) is 0 Å². The minimum atomic E-state index is 0.189. The normalized spacial score (nSPS) is 12.4. The smallest absolute Gasteiger partial charge is 0.131 e. The molecule has 0 bridgehead atoms. The molecule has 2 nitrogen and oxygen atoms in total. The van der Waals surface area contributed by atoms with E-state index in [9.17, 15) is 0 Å². The van der Waals surface area contributed by atoms with Gasteiger partial charge in [-0.1, -0.05) is 67.0 Å². The maximum Gasteiger partial charge on any atom is 0.131 e. The van der Waals surface area contributed by atoms with E-state index in [2.05, 4.69) is 77.0 Å². The number of halogens is 1. The van der Waals surface area contributed by atoms with E-state index in [1.165, 1.54) is 11.1 Å². The van der Waals surface area contributed by atoms with Gasteiger partial charge in [-0.3, -0.25) is 0 Å². The van der Waals surface area contributed by atoms with Gasteiger partial charge in [0.1, 0.15) is 5.82 Å². The number of hydrogen-bond acceptors (Lipinski definition) is 1. The fraction of sp³-hybridized carbons (Fsp3) is 0.211. The van der Waals surface area contributed by atoms with Gasteiger partial charge in [-0.15, -0.1) is 0 Å². The summed E-state index contributed by atoms with van der Waals surface area (Å²) in [7, 11) is 0. The monoisotopic (exact) mass is 354 g/mol. The summed E-state index contributed by atoms with van der Waals surface area (Å²) in [5, 5.41) is 0. The number of aromatic amines is 1. The van der Waals surface area contributed by atoms with Crippen LogP contribution in [0.2, 0.25) is 0 Å². The van der Waals surface area contributed by atoms with Gasteiger partial charge in [0, 0.05) is 4.47 Å². The van der Waals surface area contributed by atoms with E-state index in [1.807, 2.05) is 24.3 Å². The summed E-state index contributed by atoms with van der Waals surface area (Å²) in [6.45, 7) is 6.68. The number of nitrogens with zero attached hydrogens (tertiary/aromatic N) is 1. The van der Waals surface area contributed by atoms with Crippen molar-refractivity contribution in [1.29, 1.82) is 0 Å². The van der Waals surface area contributed by atoms with Crippen molar-refractivity contribution in [1.82, 2.24) is 9.97 Å². The fourth-order valence-corrected chi connectivity index (χ4v) is 2.70. The maximum atomic E-state index is 4.57. The number of imidazole rings is 1. The Hall–Kier alpha value is -1.87. The number of rotatable bonds is 2. The van der Waals surface area contributed by atoms with Crippen LogP contribution in [0.25, 0.3) is 23.2 Å². The average molecular weight is 355 g/mol. The van der Waals surface area contributed by atoms with Crippen LogP contribution in [0.1, 0.15) is 37.7 Å². The molecule has 1 N–H and O–H groups in total. The van der Waals surface area contributed by atoms with E-state index in [-0.39, 0.29) is 5.41 Å². The van der Waals surface area contributed by atoms with Gasteiger partial charge in [0.25, 0.3) is 0 Å². The van der Waals surface area contributed by atoms with E-state index < -0.39 is 0 Å². The first kappa shape index (κ1) is 15.0. The molecule has 0 aliphatic carbocycles. The van der Waals surface area contributed by atoms with Gasteiger partial charge in [-0.2, -0.15) is 0 Å². The van der Waals surface area contributed by atoms with Crippen molar-refractivity contribution >= 4 is 39.1 Å². The fourth-order valence-electron chi connectivity index (χ4n) is 2.35. The molecule has 112 valence electrons. The number of benzene rings is 2. The third-order valence-electron chi connectivity index (χ3n) is 3.67. The van der Waals surface area contributed by atoms with Gasteiger partial charge >= 0.3 is 0 Å². The number of aromatic nitrogens is 2. The molecule has 0 unspecified atom stereocenters. The second kappa shape index (κ2) is 5.73. The molecule has 22 heavy (non-hydrogen) atoms. The van der Waals surface area contributed by atoms with E-state index in [1.54, 1.807) is 0 Å². The largest absolute Gasteiger partial charge is 0.338 e. The summed E-state index contributed by atoms with van der Waals surface area (Å²) in [4.78, 5) is 7.88. The predicted octanol–water partition coefficient (Wildman–Crippen LogP) is 5.79. The highest BCUT2D eigenvalue weighted by Gasteiger charge is 2.12. The second-order valence-corrected chi connectivity index (χ2v) is 7.40. The Kier molecular flexibility index (Phi) is 3.92. The molecule has 3 aromatic rings. The minimum absolute atomic E-state index is 0.189. The minimum Gasteiger partial charge on any atom is -0.338 e. The van der Waals surface area contributed by atoms with Crippen LogP contribution in [-0.2, 0) is 5.41 Å². The lowest BCUT2D eigenvalue weighted by molar-refractivity contribution is 0.590. The molecule has 0 amide bonds. The van der Waals surface area contributed by atoms with Crippen LogP contribution >= 0.6 is 15.9 Å². The summed E-state index contributed by atoms with van der Waals surface area (Å²) in [6, 6.07) is 14.7. The topological polar surface area (TPSA) is 28.7 Å². The number of nitrogens with one attached hydrogen (secondary N) is 1. The molecule has 1 heterocycles. The predicted molar refractivity (Wildman–Crippen MR) is 97.9 cm³/mol. The van der Waals surface area contributed by atoms with Gasteiger partial charge in [0.15, 0.2) is 0 Å². The third-order valence-corrected chi connectivity index (χ3v) is 4.17. The summed E-state index contributed by atoms with van der Waals surface area (Å²) in [5.41, 5.74) is 4.73. The molecule has 0 aliphatic rings. The Morgan fingerprint density at radius 1 is 1.00 bits per heavy atom. The highest BCUT2D eigenvalue weighted by atomic mass is 79.9. The summed E-state index contributed by atoms with van der Waals surface area (Å²) < 4.78 is 1.04. The van der Waals surface area contributed by atoms with Gasteiger partial charge < -0.3 is 4.98 Å². The molecule has 3 rings (SSSR count). The van der Waals surface area contributed by atoms with Crippen LogP contribution in [0, 0.1) is 0 Å². The van der Waals surface area contributed by atoms with E-state index >= 15 is 0 Å². The molecule has 0 atom stereocenters. The Labute approximate surface area is 139 Å². The molecule has 3 heteroatoms. The van der Waals surface area contributed by atoms with Gasteiger partial charge in [-0.25, -0.2) is 4.98 Å². The molecular weight excluding hydrogens is 336 g/mol. The van der Waals surface area contributed by atoms with Gasteiger partial charge in [0.2, 0.25) is 0 Å². The summed E-state index contributed by atoms with van der Waals surface area (Å²) in [6.07, 6.45) is 4.10. The van der Waals surface area contributed by atoms with Crippen molar-refractivity contribution in [3.8, 4) is 0 Å². The molecule has 0 radical (unpaired) electrons. The van der Waals surface area contributed by atoms with Crippen molar-refractivity contribution in [2.45, 2.75) is 26.2 Å². The van der Waals surface area contributed by atoms with E-state index in [4.69, 9.17) is 0 Å². The van der Waals surface area contributed by atoms with E-state index in [0.717, 1.165) is 21.3 Å². The first-order valence-electron chi connectivity index (χ1n) is 7.36. The van der Waals surface area contributed by atoms with E-state index in [0.29, 0.717) is 0 Å². The Balaban J connectivity index is 1.83. The zero-order valence-electron chi connectivity index (χ0n) is 13.0. The summed E-state index contributed by atoms with van der Waals surface area (Å²) >= 11 is 3.47. The molecule has 2 aromatic carbocycles. The van der Waals surface area contributed by atoms with Gasteiger partial charge in [0.05, 0.1) is 11.0 Å². The zero-order chi connectivity index (χ0) is 15.7. The summed E-state index contributed by atoms with van der Waals surface area (Å²) in [5.74, 6) is 0.869. The first-order valence-corrected chi connectivity index (χ1v) is 8.15. The first-order chi connectivity index (χ1) is 10.4. The van der Waals surface area contributed by atoms with Crippen LogP contribution < -0.4 is 0 Å². The average Bonchev–Trinajstić information content (AvgIpc) is 2.86. The van der Waals surface area contributed by atoms with Crippen LogP contribution in [-0.4, -0.2) is 9.97 Å². The molecule has 0 saturated heterocycles. The second-order valence-electron chi connectivity index (χ2n) is 6.49. The quantitative estimate of drug-likeness (QED) is 0.619. The van der Waals surface area contributed by atoms with Crippen molar-refractivity contribution in [2.75, 3.05) is 0 Å². The van der Waals surface area contributed by atoms with Crippen LogP contribution in [0.3, 0.4) is 0 Å². The number of H-pyrrole nitrogens is 1. The molecular formula is C19H19BrN2. The third kappa shape index (κ3) is 3.30. The molecule has 1 aromatic heterocycles. The lowest BCUT2D eigenvalue weighted by Gasteiger charge is -2.18. The molecule has 0 fully saturated rings. The molecule has 0 saturated carbocycles. The Bertz CT molecular complexity index is 821. The van der Waals surface area contributed by atoms with Crippen LogP contribution in [0.15, 0.2) is 46.9 Å². The highest BCUT2D eigenvalue weighted by Crippen LogP contribution is 2.23. The van der Waals surface area contributed by atoms with Crippen molar-refractivity contribution < 1.29 is 0 Å². The lowest BCUT2D eigenvalue weighted by atomic mass is 9.87.